The zero-order chi connectivity index (χ0) is 14.5. The van der Waals surface area contributed by atoms with E-state index in [9.17, 15) is 5.11 Å². The Bertz CT molecular complexity index is 665. The number of benzene rings is 2. The van der Waals surface area contributed by atoms with Crippen LogP contribution in [0.25, 0.3) is 0 Å². The van der Waals surface area contributed by atoms with Gasteiger partial charge in [-0.05, 0) is 36.4 Å². The van der Waals surface area contributed by atoms with Gasteiger partial charge in [-0.25, -0.2) is 0 Å². The molecule has 5 heteroatoms. The van der Waals surface area contributed by atoms with Crippen LogP contribution in [0, 0.1) is 11.3 Å². The molecule has 0 heterocycles. The van der Waals surface area contributed by atoms with Crippen molar-refractivity contribution >= 4 is 17.3 Å². The first kappa shape index (κ1) is 14.0. The average Bonchev–Trinajstić information content (AvgIpc) is 2.46. The summed E-state index contributed by atoms with van der Waals surface area (Å²) in [6, 6.07) is 12.1. The fourth-order valence-electron chi connectivity index (χ4n) is 1.78. The van der Waals surface area contributed by atoms with Gasteiger partial charge in [0.15, 0.2) is 0 Å². The monoisotopic (exact) mass is 288 g/mol. The molecule has 2 rings (SSSR count). The summed E-state index contributed by atoms with van der Waals surface area (Å²) in [6.45, 7) is 0.359. The highest BCUT2D eigenvalue weighted by Crippen LogP contribution is 2.25. The number of phenolic OH excluding ortho intramolecular Hbond substituents is 1. The molecule has 0 unspecified atom stereocenters. The van der Waals surface area contributed by atoms with Gasteiger partial charge in [0, 0.05) is 17.1 Å². The van der Waals surface area contributed by atoms with Gasteiger partial charge in [-0.15, -0.1) is 0 Å². The van der Waals surface area contributed by atoms with Crippen LogP contribution < -0.4 is 10.1 Å². The molecule has 0 aliphatic heterocycles. The molecule has 0 atom stereocenters. The van der Waals surface area contributed by atoms with Crippen molar-refractivity contribution in [3.05, 3.63) is 52.5 Å². The Hall–Kier alpha value is -2.38. The molecule has 0 aliphatic rings. The lowest BCUT2D eigenvalue weighted by Crippen LogP contribution is -2.02. The quantitative estimate of drug-likeness (QED) is 0.903. The number of ether oxygens (including phenoxy) is 1. The van der Waals surface area contributed by atoms with Crippen LogP contribution in [-0.4, -0.2) is 12.2 Å². The number of aromatic hydroxyl groups is 1. The van der Waals surface area contributed by atoms with Crippen LogP contribution in [0.5, 0.6) is 11.5 Å². The first-order valence-electron chi connectivity index (χ1n) is 5.93. The molecule has 4 nitrogen and oxygen atoms in total. The van der Waals surface area contributed by atoms with E-state index in [2.05, 4.69) is 11.4 Å². The van der Waals surface area contributed by atoms with E-state index >= 15 is 0 Å². The van der Waals surface area contributed by atoms with Crippen LogP contribution >= 0.6 is 11.6 Å². The number of halogens is 1. The van der Waals surface area contributed by atoms with E-state index in [1.54, 1.807) is 43.5 Å². The van der Waals surface area contributed by atoms with E-state index in [-0.39, 0.29) is 5.75 Å². The van der Waals surface area contributed by atoms with Gasteiger partial charge in [-0.1, -0.05) is 11.6 Å². The Morgan fingerprint density at radius 3 is 2.80 bits per heavy atom. The summed E-state index contributed by atoms with van der Waals surface area (Å²) in [6.07, 6.45) is 0. The van der Waals surface area contributed by atoms with E-state index in [4.69, 9.17) is 21.6 Å². The molecule has 0 spiro atoms. The average molecular weight is 289 g/mol. The third-order valence-corrected chi connectivity index (χ3v) is 3.09. The summed E-state index contributed by atoms with van der Waals surface area (Å²) in [5, 5.41) is 22.5. The molecular formula is C15H13ClN2O2. The number of methoxy groups -OCH3 is 1. The van der Waals surface area contributed by atoms with Crippen molar-refractivity contribution < 1.29 is 9.84 Å². The van der Waals surface area contributed by atoms with Crippen molar-refractivity contribution in [2.24, 2.45) is 0 Å². The highest BCUT2D eigenvalue weighted by atomic mass is 35.5. The van der Waals surface area contributed by atoms with Crippen LogP contribution in [0.4, 0.5) is 5.69 Å². The zero-order valence-corrected chi connectivity index (χ0v) is 11.6. The Morgan fingerprint density at radius 2 is 2.10 bits per heavy atom. The van der Waals surface area contributed by atoms with Gasteiger partial charge in [0.05, 0.1) is 18.4 Å². The maximum atomic E-state index is 9.80. The smallest absolute Gasteiger partial charge is 0.120 e. The SMILES string of the molecule is COc1ccc(O)c(CNc2cc(Cl)ccc2C#N)c1. The minimum absolute atomic E-state index is 0.166. The van der Waals surface area contributed by atoms with Crippen LogP contribution in [-0.2, 0) is 6.54 Å². The Morgan fingerprint density at radius 1 is 1.30 bits per heavy atom. The predicted octanol–water partition coefficient (Wildman–Crippen LogP) is 3.54. The fourth-order valence-corrected chi connectivity index (χ4v) is 1.95. The van der Waals surface area contributed by atoms with E-state index in [0.29, 0.717) is 34.1 Å². The maximum absolute atomic E-state index is 9.80. The molecule has 102 valence electrons. The summed E-state index contributed by atoms with van der Waals surface area (Å²) in [5.74, 6) is 0.824. The van der Waals surface area contributed by atoms with E-state index in [1.807, 2.05) is 0 Å². The van der Waals surface area contributed by atoms with Crippen LogP contribution in [0.1, 0.15) is 11.1 Å². The second-order valence-electron chi connectivity index (χ2n) is 4.15. The lowest BCUT2D eigenvalue weighted by Gasteiger charge is -2.11. The van der Waals surface area contributed by atoms with Crippen molar-refractivity contribution in [3.8, 4) is 17.6 Å². The van der Waals surface area contributed by atoms with Crippen molar-refractivity contribution in [3.63, 3.8) is 0 Å². The zero-order valence-electron chi connectivity index (χ0n) is 10.9. The molecule has 0 bridgehead atoms. The molecule has 0 radical (unpaired) electrons. The number of nitrogens with one attached hydrogen (secondary N) is 1. The van der Waals surface area contributed by atoms with Crippen LogP contribution in [0.3, 0.4) is 0 Å². The number of phenols is 1. The van der Waals surface area contributed by atoms with Gasteiger partial charge in [0.2, 0.25) is 0 Å². The third kappa shape index (κ3) is 3.14. The highest BCUT2D eigenvalue weighted by molar-refractivity contribution is 6.30. The summed E-state index contributed by atoms with van der Waals surface area (Å²) in [4.78, 5) is 0. The minimum Gasteiger partial charge on any atom is -0.508 e. The molecule has 0 fully saturated rings. The molecule has 0 amide bonds. The van der Waals surface area contributed by atoms with Gasteiger partial charge in [-0.3, -0.25) is 0 Å². The summed E-state index contributed by atoms with van der Waals surface area (Å²) < 4.78 is 5.11. The summed E-state index contributed by atoms with van der Waals surface area (Å²) in [5.41, 5.74) is 1.80. The van der Waals surface area contributed by atoms with Gasteiger partial charge < -0.3 is 15.2 Å². The number of hydrogen-bond donors (Lipinski definition) is 2. The minimum atomic E-state index is 0.166. The fraction of sp³-hybridized carbons (Fsp3) is 0.133. The van der Waals surface area contributed by atoms with Gasteiger partial charge in [-0.2, -0.15) is 5.26 Å². The standard InChI is InChI=1S/C15H13ClN2O2/c1-20-13-4-5-15(19)11(6-13)9-18-14-7-12(16)3-2-10(14)8-17/h2-7,18-19H,9H2,1H3. The lowest BCUT2D eigenvalue weighted by atomic mass is 10.1. The molecule has 0 aromatic heterocycles. The summed E-state index contributed by atoms with van der Waals surface area (Å²) >= 11 is 5.92. The van der Waals surface area contributed by atoms with Crippen LogP contribution in [0.15, 0.2) is 36.4 Å². The highest BCUT2D eigenvalue weighted by Gasteiger charge is 2.06. The molecule has 0 saturated heterocycles. The molecule has 2 aromatic rings. The van der Waals surface area contributed by atoms with Crippen molar-refractivity contribution in [2.45, 2.75) is 6.54 Å². The Labute approximate surface area is 122 Å². The van der Waals surface area contributed by atoms with E-state index in [0.717, 1.165) is 0 Å². The number of nitriles is 1. The normalized spacial score (nSPS) is 9.85. The van der Waals surface area contributed by atoms with Crippen molar-refractivity contribution in [2.75, 3.05) is 12.4 Å². The van der Waals surface area contributed by atoms with Gasteiger partial charge in [0.25, 0.3) is 0 Å². The third-order valence-electron chi connectivity index (χ3n) is 2.86. The molecule has 0 aliphatic carbocycles. The first-order valence-corrected chi connectivity index (χ1v) is 6.31. The van der Waals surface area contributed by atoms with E-state index in [1.165, 1.54) is 0 Å². The molecule has 20 heavy (non-hydrogen) atoms. The van der Waals surface area contributed by atoms with Crippen molar-refractivity contribution in [1.82, 2.24) is 0 Å². The van der Waals surface area contributed by atoms with E-state index < -0.39 is 0 Å². The van der Waals surface area contributed by atoms with Crippen molar-refractivity contribution in [1.29, 1.82) is 5.26 Å². The summed E-state index contributed by atoms with van der Waals surface area (Å²) in [7, 11) is 1.56. The number of hydrogen-bond acceptors (Lipinski definition) is 4. The van der Waals surface area contributed by atoms with Crippen LogP contribution in [0.2, 0.25) is 5.02 Å². The first-order chi connectivity index (χ1) is 9.63. The molecule has 2 aromatic carbocycles. The number of nitrogens with zero attached hydrogens (tertiary/aromatic N) is 1. The maximum Gasteiger partial charge on any atom is 0.120 e. The second kappa shape index (κ2) is 6.18. The topological polar surface area (TPSA) is 65.3 Å². The predicted molar refractivity (Wildman–Crippen MR) is 78.2 cm³/mol. The number of rotatable bonds is 4. The molecule has 2 N–H and O–H groups in total. The molecule has 0 saturated carbocycles. The Kier molecular flexibility index (Phi) is 4.34. The lowest BCUT2D eigenvalue weighted by molar-refractivity contribution is 0.411. The van der Waals surface area contributed by atoms with Gasteiger partial charge in [0.1, 0.15) is 17.6 Å². The second-order valence-corrected chi connectivity index (χ2v) is 4.59. The largest absolute Gasteiger partial charge is 0.508 e. The van der Waals surface area contributed by atoms with Gasteiger partial charge >= 0.3 is 0 Å². The number of anilines is 1. The Balaban J connectivity index is 2.21. The molecular weight excluding hydrogens is 276 g/mol.